The van der Waals surface area contributed by atoms with Crippen molar-refractivity contribution in [2.24, 2.45) is 0 Å². The van der Waals surface area contributed by atoms with Crippen molar-refractivity contribution < 1.29 is 4.74 Å². The minimum atomic E-state index is 0.564. The number of rotatable bonds is 3. The van der Waals surface area contributed by atoms with Crippen LogP contribution >= 0.6 is 27.5 Å². The zero-order valence-electron chi connectivity index (χ0n) is 8.36. The van der Waals surface area contributed by atoms with E-state index in [1.54, 1.807) is 18.5 Å². The van der Waals surface area contributed by atoms with Crippen LogP contribution in [0.4, 0.5) is 0 Å². The average molecular weight is 299 g/mol. The first kappa shape index (κ1) is 11.4. The minimum absolute atomic E-state index is 0.564. The Morgan fingerprint density at radius 2 is 1.88 bits per heavy atom. The van der Waals surface area contributed by atoms with Crippen LogP contribution in [0.15, 0.2) is 42.7 Å². The number of alkyl halides is 1. The molecule has 82 valence electrons. The zero-order valence-corrected chi connectivity index (χ0v) is 10.7. The second kappa shape index (κ2) is 5.32. The first-order chi connectivity index (χ1) is 7.78. The van der Waals surface area contributed by atoms with Crippen molar-refractivity contribution in [3.8, 4) is 11.5 Å². The molecule has 0 aliphatic heterocycles. The summed E-state index contributed by atoms with van der Waals surface area (Å²) in [7, 11) is 0. The molecule has 0 radical (unpaired) electrons. The van der Waals surface area contributed by atoms with E-state index >= 15 is 0 Å². The number of nitrogens with zero attached hydrogens (tertiary/aromatic N) is 1. The lowest BCUT2D eigenvalue weighted by molar-refractivity contribution is 0.480. The first-order valence-corrected chi connectivity index (χ1v) is 6.21. The molecule has 0 unspecified atom stereocenters. The van der Waals surface area contributed by atoms with E-state index in [1.807, 2.05) is 24.3 Å². The number of ether oxygens (including phenoxy) is 1. The summed E-state index contributed by atoms with van der Waals surface area (Å²) in [6.45, 7) is 0. The van der Waals surface area contributed by atoms with E-state index in [9.17, 15) is 0 Å². The van der Waals surface area contributed by atoms with E-state index in [-0.39, 0.29) is 0 Å². The number of pyridine rings is 1. The van der Waals surface area contributed by atoms with Gasteiger partial charge in [-0.25, -0.2) is 0 Å². The van der Waals surface area contributed by atoms with E-state index < -0.39 is 0 Å². The van der Waals surface area contributed by atoms with Gasteiger partial charge in [-0.2, -0.15) is 0 Å². The Balaban J connectivity index is 2.14. The molecule has 2 rings (SSSR count). The second-order valence-electron chi connectivity index (χ2n) is 3.22. The highest BCUT2D eigenvalue weighted by molar-refractivity contribution is 9.08. The van der Waals surface area contributed by atoms with Crippen molar-refractivity contribution in [2.75, 3.05) is 0 Å². The molecule has 4 heteroatoms. The third kappa shape index (κ3) is 2.97. The summed E-state index contributed by atoms with van der Waals surface area (Å²) < 4.78 is 5.60. The number of benzene rings is 1. The Bertz CT molecular complexity index is 473. The fraction of sp³-hybridized carbons (Fsp3) is 0.0833. The lowest BCUT2D eigenvalue weighted by Crippen LogP contribution is -1.85. The smallest absolute Gasteiger partial charge is 0.147 e. The average Bonchev–Trinajstić information content (AvgIpc) is 2.30. The molecule has 0 aliphatic carbocycles. The lowest BCUT2D eigenvalue weighted by atomic mass is 10.2. The molecule has 1 aromatic carbocycles. The molecule has 16 heavy (non-hydrogen) atoms. The summed E-state index contributed by atoms with van der Waals surface area (Å²) in [5.74, 6) is 1.41. The lowest BCUT2D eigenvalue weighted by Gasteiger charge is -2.05. The second-order valence-corrected chi connectivity index (χ2v) is 4.22. The topological polar surface area (TPSA) is 22.1 Å². The zero-order chi connectivity index (χ0) is 11.4. The van der Waals surface area contributed by atoms with E-state index in [4.69, 9.17) is 16.3 Å². The summed E-state index contributed by atoms with van der Waals surface area (Å²) in [6, 6.07) is 9.56. The molecule has 0 atom stereocenters. The Morgan fingerprint density at radius 1 is 1.12 bits per heavy atom. The van der Waals surface area contributed by atoms with Gasteiger partial charge in [0.15, 0.2) is 0 Å². The molecule has 2 aromatic rings. The van der Waals surface area contributed by atoms with Gasteiger partial charge < -0.3 is 4.74 Å². The van der Waals surface area contributed by atoms with E-state index in [1.165, 1.54) is 5.56 Å². The van der Waals surface area contributed by atoms with Crippen LogP contribution in [0.2, 0.25) is 5.02 Å². The Kier molecular flexibility index (Phi) is 3.80. The Morgan fingerprint density at radius 3 is 2.50 bits per heavy atom. The standard InChI is InChI=1S/C12H9BrClNO/c13-6-9-1-3-11(4-2-9)16-12-5-10(14)7-15-8-12/h1-5,7-8H,6H2. The van der Waals surface area contributed by atoms with Gasteiger partial charge in [-0.3, -0.25) is 4.98 Å². The Hall–Kier alpha value is -1.06. The largest absolute Gasteiger partial charge is 0.456 e. The van der Waals surface area contributed by atoms with Crippen LogP contribution in [0.3, 0.4) is 0 Å². The highest BCUT2D eigenvalue weighted by atomic mass is 79.9. The first-order valence-electron chi connectivity index (χ1n) is 4.71. The highest BCUT2D eigenvalue weighted by Crippen LogP contribution is 2.23. The van der Waals surface area contributed by atoms with Crippen molar-refractivity contribution >= 4 is 27.5 Å². The highest BCUT2D eigenvalue weighted by Gasteiger charge is 1.98. The fourth-order valence-electron chi connectivity index (χ4n) is 1.23. The molecule has 0 N–H and O–H groups in total. The fourth-order valence-corrected chi connectivity index (χ4v) is 1.77. The van der Waals surface area contributed by atoms with Crippen LogP contribution in [0.25, 0.3) is 0 Å². The van der Waals surface area contributed by atoms with Crippen LogP contribution in [0.1, 0.15) is 5.56 Å². The van der Waals surface area contributed by atoms with Gasteiger partial charge in [0.2, 0.25) is 0 Å². The molecule has 0 saturated heterocycles. The Labute approximate surface area is 107 Å². The minimum Gasteiger partial charge on any atom is -0.456 e. The monoisotopic (exact) mass is 297 g/mol. The predicted molar refractivity (Wildman–Crippen MR) is 68.4 cm³/mol. The van der Waals surface area contributed by atoms with Crippen molar-refractivity contribution in [3.05, 3.63) is 53.3 Å². The summed E-state index contributed by atoms with van der Waals surface area (Å²) in [5, 5.41) is 1.40. The van der Waals surface area contributed by atoms with Crippen LogP contribution in [-0.2, 0) is 5.33 Å². The van der Waals surface area contributed by atoms with Gasteiger partial charge in [0, 0.05) is 17.6 Å². The maximum atomic E-state index is 5.81. The molecule has 1 aromatic heterocycles. The van der Waals surface area contributed by atoms with Gasteiger partial charge in [-0.15, -0.1) is 0 Å². The molecular formula is C12H9BrClNO. The molecule has 1 heterocycles. The van der Waals surface area contributed by atoms with Crippen molar-refractivity contribution in [1.82, 2.24) is 4.98 Å². The SMILES string of the molecule is Clc1cncc(Oc2ccc(CBr)cc2)c1. The van der Waals surface area contributed by atoms with Crippen molar-refractivity contribution in [1.29, 1.82) is 0 Å². The van der Waals surface area contributed by atoms with Crippen LogP contribution < -0.4 is 4.74 Å². The van der Waals surface area contributed by atoms with Gasteiger partial charge in [0.1, 0.15) is 11.5 Å². The molecular weight excluding hydrogens is 289 g/mol. The summed E-state index contributed by atoms with van der Waals surface area (Å²) in [4.78, 5) is 3.95. The van der Waals surface area contributed by atoms with Gasteiger partial charge in [0.25, 0.3) is 0 Å². The maximum absolute atomic E-state index is 5.81. The number of halogens is 2. The van der Waals surface area contributed by atoms with E-state index in [0.717, 1.165) is 11.1 Å². The van der Waals surface area contributed by atoms with Gasteiger partial charge in [-0.05, 0) is 17.7 Å². The molecule has 0 amide bonds. The van der Waals surface area contributed by atoms with Gasteiger partial charge in [-0.1, -0.05) is 39.7 Å². The molecule has 0 spiro atoms. The van der Waals surface area contributed by atoms with Crippen LogP contribution in [0.5, 0.6) is 11.5 Å². The van der Waals surface area contributed by atoms with Crippen molar-refractivity contribution in [3.63, 3.8) is 0 Å². The summed E-state index contributed by atoms with van der Waals surface area (Å²) >= 11 is 9.20. The van der Waals surface area contributed by atoms with E-state index in [0.29, 0.717) is 10.8 Å². The maximum Gasteiger partial charge on any atom is 0.147 e. The number of hydrogen-bond acceptors (Lipinski definition) is 2. The predicted octanol–water partition coefficient (Wildman–Crippen LogP) is 4.42. The van der Waals surface area contributed by atoms with Crippen LogP contribution in [-0.4, -0.2) is 4.98 Å². The molecule has 0 aliphatic rings. The summed E-state index contributed by atoms with van der Waals surface area (Å²) in [6.07, 6.45) is 3.20. The quantitative estimate of drug-likeness (QED) is 0.782. The molecule has 0 saturated carbocycles. The molecule has 0 bridgehead atoms. The van der Waals surface area contributed by atoms with E-state index in [2.05, 4.69) is 20.9 Å². The normalized spacial score (nSPS) is 10.1. The third-order valence-electron chi connectivity index (χ3n) is 1.99. The number of hydrogen-bond donors (Lipinski definition) is 0. The number of aromatic nitrogens is 1. The molecule has 0 fully saturated rings. The summed E-state index contributed by atoms with van der Waals surface area (Å²) in [5.41, 5.74) is 1.21. The van der Waals surface area contributed by atoms with Gasteiger partial charge >= 0.3 is 0 Å². The van der Waals surface area contributed by atoms with Crippen LogP contribution in [0, 0.1) is 0 Å². The van der Waals surface area contributed by atoms with Gasteiger partial charge in [0.05, 0.1) is 11.2 Å². The molecule has 2 nitrogen and oxygen atoms in total. The van der Waals surface area contributed by atoms with Crippen molar-refractivity contribution in [2.45, 2.75) is 5.33 Å². The third-order valence-corrected chi connectivity index (χ3v) is 2.85.